The van der Waals surface area contributed by atoms with Crippen molar-refractivity contribution in [2.45, 2.75) is 77.9 Å². The number of ether oxygens (including phenoxy) is 1. The lowest BCUT2D eigenvalue weighted by atomic mass is 9.87. The second kappa shape index (κ2) is 8.50. The number of rotatable bonds is 6. The largest absolute Gasteiger partial charge is 0.444 e. The molecule has 1 saturated carbocycles. The summed E-state index contributed by atoms with van der Waals surface area (Å²) >= 11 is 0. The Morgan fingerprint density at radius 3 is 2.50 bits per heavy atom. The Balaban J connectivity index is 2.04. The van der Waals surface area contributed by atoms with Crippen molar-refractivity contribution >= 4 is 6.09 Å². The molecule has 1 atom stereocenters. The van der Waals surface area contributed by atoms with E-state index in [1.165, 1.54) is 38.5 Å². The zero-order valence-corrected chi connectivity index (χ0v) is 13.6. The first-order valence-corrected chi connectivity index (χ1v) is 8.07. The smallest absolute Gasteiger partial charge is 0.407 e. The third-order valence-electron chi connectivity index (χ3n) is 3.67. The molecule has 0 aliphatic heterocycles. The zero-order valence-electron chi connectivity index (χ0n) is 13.6. The SMILES string of the molecule is CC(CNCCC1CCCCC1)NC(=O)OC(C)(C)C. The maximum atomic E-state index is 11.6. The van der Waals surface area contributed by atoms with Crippen LogP contribution in [0, 0.1) is 5.92 Å². The van der Waals surface area contributed by atoms with Crippen LogP contribution in [0.3, 0.4) is 0 Å². The molecule has 20 heavy (non-hydrogen) atoms. The van der Waals surface area contributed by atoms with E-state index in [-0.39, 0.29) is 12.1 Å². The van der Waals surface area contributed by atoms with Crippen LogP contribution in [0.1, 0.15) is 66.2 Å². The van der Waals surface area contributed by atoms with Crippen LogP contribution in [0.2, 0.25) is 0 Å². The summed E-state index contributed by atoms with van der Waals surface area (Å²) in [6, 6.07) is 0.0937. The van der Waals surface area contributed by atoms with E-state index in [4.69, 9.17) is 4.74 Å². The Labute approximate surface area is 124 Å². The standard InChI is InChI=1S/C16H32N2O2/c1-13(18-15(19)20-16(2,3)4)12-17-11-10-14-8-6-5-7-9-14/h13-14,17H,5-12H2,1-4H3,(H,18,19). The van der Waals surface area contributed by atoms with E-state index in [0.717, 1.165) is 19.0 Å². The lowest BCUT2D eigenvalue weighted by molar-refractivity contribution is 0.0508. The molecule has 1 aliphatic carbocycles. The number of carbonyl (C=O) groups is 1. The van der Waals surface area contributed by atoms with Gasteiger partial charge in [-0.1, -0.05) is 32.1 Å². The van der Waals surface area contributed by atoms with Crippen LogP contribution in [0.25, 0.3) is 0 Å². The van der Waals surface area contributed by atoms with E-state index < -0.39 is 5.60 Å². The summed E-state index contributed by atoms with van der Waals surface area (Å²) in [7, 11) is 0. The van der Waals surface area contributed by atoms with Crippen molar-refractivity contribution in [3.8, 4) is 0 Å². The molecule has 1 fully saturated rings. The fourth-order valence-electron chi connectivity index (χ4n) is 2.66. The first-order chi connectivity index (χ1) is 9.37. The minimum atomic E-state index is -0.432. The summed E-state index contributed by atoms with van der Waals surface area (Å²) in [5.74, 6) is 0.908. The third kappa shape index (κ3) is 8.41. The van der Waals surface area contributed by atoms with E-state index in [1.807, 2.05) is 27.7 Å². The monoisotopic (exact) mass is 284 g/mol. The van der Waals surface area contributed by atoms with Gasteiger partial charge in [0.2, 0.25) is 0 Å². The molecule has 1 rings (SSSR count). The molecule has 0 aromatic rings. The van der Waals surface area contributed by atoms with Gasteiger partial charge < -0.3 is 15.4 Å². The second-order valence-corrected chi connectivity index (χ2v) is 7.04. The zero-order chi connectivity index (χ0) is 15.0. The van der Waals surface area contributed by atoms with Crippen molar-refractivity contribution in [1.82, 2.24) is 10.6 Å². The predicted molar refractivity (Wildman–Crippen MR) is 82.9 cm³/mol. The van der Waals surface area contributed by atoms with Gasteiger partial charge in [0.1, 0.15) is 5.60 Å². The summed E-state index contributed by atoms with van der Waals surface area (Å²) in [5, 5.41) is 6.28. The molecule has 0 aromatic carbocycles. The molecule has 0 saturated heterocycles. The van der Waals surface area contributed by atoms with Crippen molar-refractivity contribution in [3.63, 3.8) is 0 Å². The average Bonchev–Trinajstić information content (AvgIpc) is 2.33. The van der Waals surface area contributed by atoms with Crippen LogP contribution < -0.4 is 10.6 Å². The first kappa shape index (κ1) is 17.3. The van der Waals surface area contributed by atoms with Crippen molar-refractivity contribution in [2.75, 3.05) is 13.1 Å². The number of carbonyl (C=O) groups excluding carboxylic acids is 1. The summed E-state index contributed by atoms with van der Waals surface area (Å²) in [4.78, 5) is 11.6. The highest BCUT2D eigenvalue weighted by molar-refractivity contribution is 5.68. The quantitative estimate of drug-likeness (QED) is 0.734. The molecule has 1 amide bonds. The Kier molecular flexibility index (Phi) is 7.35. The maximum Gasteiger partial charge on any atom is 0.407 e. The summed E-state index contributed by atoms with van der Waals surface area (Å²) < 4.78 is 5.23. The van der Waals surface area contributed by atoms with Crippen molar-refractivity contribution in [3.05, 3.63) is 0 Å². The summed E-state index contributed by atoms with van der Waals surface area (Å²) in [6.07, 6.45) is 7.95. The predicted octanol–water partition coefficient (Wildman–Crippen LogP) is 3.46. The lowest BCUT2D eigenvalue weighted by Gasteiger charge is -2.23. The van der Waals surface area contributed by atoms with Gasteiger partial charge in [0, 0.05) is 12.6 Å². The van der Waals surface area contributed by atoms with Crippen molar-refractivity contribution in [1.29, 1.82) is 0 Å². The van der Waals surface area contributed by atoms with E-state index in [0.29, 0.717) is 0 Å². The average molecular weight is 284 g/mol. The third-order valence-corrected chi connectivity index (χ3v) is 3.67. The van der Waals surface area contributed by atoms with E-state index in [2.05, 4.69) is 10.6 Å². The van der Waals surface area contributed by atoms with Crippen LogP contribution in [-0.4, -0.2) is 30.8 Å². The minimum absolute atomic E-state index is 0.0937. The van der Waals surface area contributed by atoms with Gasteiger partial charge in [0.05, 0.1) is 0 Å². The first-order valence-electron chi connectivity index (χ1n) is 8.07. The fourth-order valence-corrected chi connectivity index (χ4v) is 2.66. The normalized spacial score (nSPS) is 18.6. The van der Waals surface area contributed by atoms with Crippen LogP contribution in [-0.2, 0) is 4.74 Å². The molecule has 1 unspecified atom stereocenters. The number of nitrogens with one attached hydrogen (secondary N) is 2. The molecule has 0 heterocycles. The van der Waals surface area contributed by atoms with Gasteiger partial charge in [-0.15, -0.1) is 0 Å². The van der Waals surface area contributed by atoms with Gasteiger partial charge in [-0.3, -0.25) is 0 Å². The van der Waals surface area contributed by atoms with Crippen LogP contribution >= 0.6 is 0 Å². The maximum absolute atomic E-state index is 11.6. The van der Waals surface area contributed by atoms with Crippen LogP contribution in [0.5, 0.6) is 0 Å². The summed E-state index contributed by atoms with van der Waals surface area (Å²) in [6.45, 7) is 9.47. The number of amides is 1. The topological polar surface area (TPSA) is 50.4 Å². The molecule has 4 heteroatoms. The van der Waals surface area contributed by atoms with Crippen LogP contribution in [0.15, 0.2) is 0 Å². The van der Waals surface area contributed by atoms with Gasteiger partial charge >= 0.3 is 6.09 Å². The number of hydrogen-bond donors (Lipinski definition) is 2. The van der Waals surface area contributed by atoms with Gasteiger partial charge in [-0.2, -0.15) is 0 Å². The molecule has 4 nitrogen and oxygen atoms in total. The molecule has 2 N–H and O–H groups in total. The molecule has 0 aromatic heterocycles. The minimum Gasteiger partial charge on any atom is -0.444 e. The molecule has 0 radical (unpaired) electrons. The highest BCUT2D eigenvalue weighted by Crippen LogP contribution is 2.25. The van der Waals surface area contributed by atoms with Gasteiger partial charge in [-0.05, 0) is 46.6 Å². The van der Waals surface area contributed by atoms with E-state index >= 15 is 0 Å². The molecule has 0 spiro atoms. The highest BCUT2D eigenvalue weighted by Gasteiger charge is 2.17. The molecule has 0 bridgehead atoms. The van der Waals surface area contributed by atoms with E-state index in [1.54, 1.807) is 0 Å². The number of hydrogen-bond acceptors (Lipinski definition) is 3. The Bertz CT molecular complexity index is 281. The Morgan fingerprint density at radius 2 is 1.90 bits per heavy atom. The second-order valence-electron chi connectivity index (χ2n) is 7.04. The molecule has 1 aliphatic rings. The van der Waals surface area contributed by atoms with Crippen molar-refractivity contribution in [2.24, 2.45) is 5.92 Å². The van der Waals surface area contributed by atoms with E-state index in [9.17, 15) is 4.79 Å². The highest BCUT2D eigenvalue weighted by atomic mass is 16.6. The van der Waals surface area contributed by atoms with Gasteiger partial charge in [0.15, 0.2) is 0 Å². The Morgan fingerprint density at radius 1 is 1.25 bits per heavy atom. The molecular formula is C16H32N2O2. The lowest BCUT2D eigenvalue weighted by Crippen LogP contribution is -2.42. The van der Waals surface area contributed by atoms with Gasteiger partial charge in [-0.25, -0.2) is 4.79 Å². The number of alkyl carbamates (subject to hydrolysis) is 1. The Hall–Kier alpha value is -0.770. The molecule has 118 valence electrons. The van der Waals surface area contributed by atoms with Crippen LogP contribution in [0.4, 0.5) is 4.79 Å². The van der Waals surface area contributed by atoms with Crippen molar-refractivity contribution < 1.29 is 9.53 Å². The van der Waals surface area contributed by atoms with Gasteiger partial charge in [0.25, 0.3) is 0 Å². The summed E-state index contributed by atoms with van der Waals surface area (Å²) in [5.41, 5.74) is -0.432. The fraction of sp³-hybridized carbons (Fsp3) is 0.938. The molecular weight excluding hydrogens is 252 g/mol.